The van der Waals surface area contributed by atoms with E-state index >= 15 is 0 Å². The van der Waals surface area contributed by atoms with Crippen molar-refractivity contribution in [3.63, 3.8) is 0 Å². The summed E-state index contributed by atoms with van der Waals surface area (Å²) in [6.07, 6.45) is -1.54. The van der Waals surface area contributed by atoms with E-state index < -0.39 is 22.1 Å². The lowest BCUT2D eigenvalue weighted by Gasteiger charge is -2.17. The Labute approximate surface area is 199 Å². The maximum Gasteiger partial charge on any atom is 0.573 e. The molecule has 4 rings (SSSR count). The summed E-state index contributed by atoms with van der Waals surface area (Å²) in [6, 6.07) is 15.8. The van der Waals surface area contributed by atoms with Crippen molar-refractivity contribution >= 4 is 15.7 Å². The molecular weight excluding hydrogens is 483 g/mol. The molecule has 0 aliphatic rings. The van der Waals surface area contributed by atoms with Gasteiger partial charge < -0.3 is 14.0 Å². The number of ether oxygens (including phenoxy) is 2. The topological polar surface area (TPSA) is 82.5 Å². The second-order valence-corrected chi connectivity index (χ2v) is 9.11. The van der Waals surface area contributed by atoms with Crippen LogP contribution in [0.3, 0.4) is 0 Å². The van der Waals surface area contributed by atoms with Gasteiger partial charge in [-0.05, 0) is 31.2 Å². The highest BCUT2D eigenvalue weighted by Crippen LogP contribution is 2.37. The van der Waals surface area contributed by atoms with Crippen molar-refractivity contribution in [3.05, 3.63) is 84.9 Å². The number of alkyl halides is 3. The number of aryl methyl sites for hydroxylation is 1. The first-order chi connectivity index (χ1) is 16.6. The Bertz CT molecular complexity index is 1470. The highest BCUT2D eigenvalue weighted by Gasteiger charge is 2.33. The van der Waals surface area contributed by atoms with Gasteiger partial charge in [-0.15, -0.1) is 13.2 Å². The lowest BCUT2D eigenvalue weighted by molar-refractivity contribution is -0.274. The normalized spacial score (nSPS) is 11.8. The number of anilines is 1. The summed E-state index contributed by atoms with van der Waals surface area (Å²) in [5, 5.41) is 0. The smallest absolute Gasteiger partial charge is 0.494 e. The summed E-state index contributed by atoms with van der Waals surface area (Å²) in [5.74, 6) is -0.121. The van der Waals surface area contributed by atoms with E-state index in [9.17, 15) is 21.6 Å². The van der Waals surface area contributed by atoms with Crippen molar-refractivity contribution in [2.45, 2.75) is 18.2 Å². The first-order valence-corrected chi connectivity index (χ1v) is 11.7. The van der Waals surface area contributed by atoms with Crippen molar-refractivity contribution in [1.82, 2.24) is 9.55 Å². The molecule has 182 valence electrons. The number of hydrogen-bond acceptors (Lipinski definition) is 5. The van der Waals surface area contributed by atoms with Crippen LogP contribution in [0.4, 0.5) is 18.9 Å². The second-order valence-electron chi connectivity index (χ2n) is 7.45. The number of imidazole rings is 1. The molecule has 0 aliphatic carbocycles. The van der Waals surface area contributed by atoms with E-state index in [1.807, 2.05) is 6.92 Å². The van der Waals surface area contributed by atoms with E-state index in [1.165, 1.54) is 55.6 Å². The SMILES string of the molecule is COc1cc(NS(=O)(=O)c2ccccc2-c2ccccc2OC(F)(F)F)ccc1-n1cnc(C)c1. The molecule has 7 nitrogen and oxygen atoms in total. The maximum absolute atomic E-state index is 13.3. The van der Waals surface area contributed by atoms with E-state index in [0.717, 1.165) is 11.8 Å². The van der Waals surface area contributed by atoms with Crippen LogP contribution in [0.25, 0.3) is 16.8 Å². The molecule has 0 aliphatic heterocycles. The highest BCUT2D eigenvalue weighted by atomic mass is 32.2. The van der Waals surface area contributed by atoms with Gasteiger partial charge in [0.1, 0.15) is 11.5 Å². The summed E-state index contributed by atoms with van der Waals surface area (Å²) in [4.78, 5) is 3.96. The predicted molar refractivity (Wildman–Crippen MR) is 124 cm³/mol. The molecule has 0 saturated heterocycles. The van der Waals surface area contributed by atoms with E-state index in [2.05, 4.69) is 14.4 Å². The van der Waals surface area contributed by atoms with Crippen molar-refractivity contribution < 1.29 is 31.1 Å². The highest BCUT2D eigenvalue weighted by molar-refractivity contribution is 7.92. The van der Waals surface area contributed by atoms with E-state index in [0.29, 0.717) is 11.4 Å². The molecule has 3 aromatic carbocycles. The standard InChI is InChI=1S/C24H20F3N3O4S/c1-16-14-30(15-28-16)20-12-11-17(13-22(20)33-2)29-35(31,32)23-10-6-4-8-19(23)18-7-3-5-9-21(18)34-24(25,26)27/h3-15,29H,1-2H3. The molecule has 1 N–H and O–H groups in total. The molecule has 0 radical (unpaired) electrons. The van der Waals surface area contributed by atoms with Crippen LogP contribution in [0.2, 0.25) is 0 Å². The second kappa shape index (κ2) is 9.34. The zero-order valence-electron chi connectivity index (χ0n) is 18.6. The van der Waals surface area contributed by atoms with Gasteiger partial charge in [-0.2, -0.15) is 0 Å². The Balaban J connectivity index is 1.72. The summed E-state index contributed by atoms with van der Waals surface area (Å²) >= 11 is 0. The molecule has 0 bridgehead atoms. The fourth-order valence-electron chi connectivity index (χ4n) is 3.54. The number of aromatic nitrogens is 2. The van der Waals surface area contributed by atoms with Gasteiger partial charge in [0.2, 0.25) is 0 Å². The first kappa shape index (κ1) is 24.1. The minimum absolute atomic E-state index is 0.0193. The number of nitrogens with zero attached hydrogens (tertiary/aromatic N) is 2. The van der Waals surface area contributed by atoms with Crippen molar-refractivity contribution in [1.29, 1.82) is 0 Å². The van der Waals surface area contributed by atoms with Crippen molar-refractivity contribution in [3.8, 4) is 28.3 Å². The molecule has 0 amide bonds. The molecule has 35 heavy (non-hydrogen) atoms. The van der Waals surface area contributed by atoms with Gasteiger partial charge in [0, 0.05) is 23.4 Å². The Hall–Kier alpha value is -3.99. The van der Waals surface area contributed by atoms with E-state index in [1.54, 1.807) is 29.2 Å². The van der Waals surface area contributed by atoms with E-state index in [4.69, 9.17) is 4.74 Å². The van der Waals surface area contributed by atoms with Gasteiger partial charge in [0.25, 0.3) is 10.0 Å². The third kappa shape index (κ3) is 5.40. The molecule has 11 heteroatoms. The molecule has 0 unspecified atom stereocenters. The first-order valence-electron chi connectivity index (χ1n) is 10.2. The number of rotatable bonds is 7. The molecule has 1 heterocycles. The molecule has 1 aromatic heterocycles. The van der Waals surface area contributed by atoms with Crippen LogP contribution in [0.5, 0.6) is 11.5 Å². The monoisotopic (exact) mass is 503 g/mol. The van der Waals surface area contributed by atoms with Crippen LogP contribution in [0, 0.1) is 6.92 Å². The van der Waals surface area contributed by atoms with Gasteiger partial charge in [-0.3, -0.25) is 4.72 Å². The number of methoxy groups -OCH3 is 1. The minimum Gasteiger partial charge on any atom is -0.494 e. The molecule has 0 spiro atoms. The molecule has 0 atom stereocenters. The molecular formula is C24H20F3N3O4S. The summed E-state index contributed by atoms with van der Waals surface area (Å²) in [5.41, 5.74) is 1.68. The Morgan fingerprint density at radius 2 is 1.63 bits per heavy atom. The van der Waals surface area contributed by atoms with Crippen LogP contribution in [0.1, 0.15) is 5.69 Å². The fraction of sp³-hybridized carbons (Fsp3) is 0.125. The third-order valence-corrected chi connectivity index (χ3v) is 6.44. The summed E-state index contributed by atoms with van der Waals surface area (Å²) in [6.45, 7) is 1.83. The average molecular weight is 504 g/mol. The lowest BCUT2D eigenvalue weighted by atomic mass is 10.0. The third-order valence-electron chi connectivity index (χ3n) is 5.00. The molecule has 0 fully saturated rings. The largest absolute Gasteiger partial charge is 0.573 e. The van der Waals surface area contributed by atoms with Crippen molar-refractivity contribution in [2.24, 2.45) is 0 Å². The maximum atomic E-state index is 13.3. The number of nitrogens with one attached hydrogen (secondary N) is 1. The van der Waals surface area contributed by atoms with Gasteiger partial charge in [-0.25, -0.2) is 13.4 Å². The molecule has 0 saturated carbocycles. The van der Waals surface area contributed by atoms with Crippen LogP contribution in [-0.4, -0.2) is 31.4 Å². The van der Waals surface area contributed by atoms with Crippen LogP contribution >= 0.6 is 0 Å². The number of hydrogen-bond donors (Lipinski definition) is 1. The van der Waals surface area contributed by atoms with Crippen LogP contribution < -0.4 is 14.2 Å². The fourth-order valence-corrected chi connectivity index (χ4v) is 4.82. The molecule has 4 aromatic rings. The van der Waals surface area contributed by atoms with Gasteiger partial charge in [0.05, 0.1) is 35.4 Å². The Morgan fingerprint density at radius 1 is 0.943 bits per heavy atom. The minimum atomic E-state index is -4.94. The predicted octanol–water partition coefficient (Wildman–Crippen LogP) is 5.56. The van der Waals surface area contributed by atoms with Crippen molar-refractivity contribution in [2.75, 3.05) is 11.8 Å². The Morgan fingerprint density at radius 3 is 2.29 bits per heavy atom. The van der Waals surface area contributed by atoms with Gasteiger partial charge in [0.15, 0.2) is 0 Å². The summed E-state index contributed by atoms with van der Waals surface area (Å²) in [7, 11) is -2.76. The number of benzene rings is 3. The Kier molecular flexibility index (Phi) is 6.44. The average Bonchev–Trinajstić information content (AvgIpc) is 3.24. The quantitative estimate of drug-likeness (QED) is 0.357. The number of halogens is 3. The zero-order chi connectivity index (χ0) is 25.2. The zero-order valence-corrected chi connectivity index (χ0v) is 19.4. The van der Waals surface area contributed by atoms with E-state index in [-0.39, 0.29) is 21.7 Å². The summed E-state index contributed by atoms with van der Waals surface area (Å²) < 4.78 is 79.1. The van der Waals surface area contributed by atoms with Gasteiger partial charge >= 0.3 is 6.36 Å². The van der Waals surface area contributed by atoms with Gasteiger partial charge in [-0.1, -0.05) is 36.4 Å². The van der Waals surface area contributed by atoms with Crippen LogP contribution in [-0.2, 0) is 10.0 Å². The van der Waals surface area contributed by atoms with Crippen LogP contribution in [0.15, 0.2) is 84.1 Å². The number of para-hydroxylation sites is 1. The number of sulfonamides is 1. The lowest BCUT2D eigenvalue weighted by Crippen LogP contribution is -2.18.